The van der Waals surface area contributed by atoms with Crippen molar-refractivity contribution in [3.05, 3.63) is 59.7 Å². The summed E-state index contributed by atoms with van der Waals surface area (Å²) >= 11 is 0. The Morgan fingerprint density at radius 1 is 0.697 bits per heavy atom. The lowest BCUT2D eigenvalue weighted by Crippen LogP contribution is -2.39. The molecule has 2 aromatic rings. The van der Waals surface area contributed by atoms with E-state index in [-0.39, 0.29) is 0 Å². The molecule has 33 heavy (non-hydrogen) atoms. The van der Waals surface area contributed by atoms with Crippen LogP contribution in [-0.2, 0) is 15.3 Å². The number of benzene rings is 2. The summed E-state index contributed by atoms with van der Waals surface area (Å²) in [5, 5.41) is 0. The first-order valence-corrected chi connectivity index (χ1v) is 13.6. The van der Waals surface area contributed by atoms with Gasteiger partial charge in [0.15, 0.2) is 5.79 Å². The van der Waals surface area contributed by atoms with Crippen LogP contribution in [0.5, 0.6) is 0 Å². The van der Waals surface area contributed by atoms with E-state index in [4.69, 9.17) is 9.47 Å². The van der Waals surface area contributed by atoms with Gasteiger partial charge in [0.05, 0.1) is 13.2 Å². The first kappa shape index (κ1) is 24.5. The highest BCUT2D eigenvalue weighted by molar-refractivity contribution is 5.64. The number of ether oxygens (including phenoxy) is 2. The maximum absolute atomic E-state index is 6.22. The highest BCUT2D eigenvalue weighted by Gasteiger charge is 2.34. The summed E-state index contributed by atoms with van der Waals surface area (Å²) in [6.07, 6.45) is 13.3. The molecule has 0 spiro atoms. The van der Waals surface area contributed by atoms with E-state index >= 15 is 0 Å². The highest BCUT2D eigenvalue weighted by atomic mass is 16.7. The lowest BCUT2D eigenvalue weighted by molar-refractivity contribution is -0.282. The van der Waals surface area contributed by atoms with E-state index < -0.39 is 5.79 Å². The SMILES string of the molecule is CCCCC[C@H]1CO[C@](C)(c2ccc(-c3ccc([C@H]4CC[C@H](CCC)CC4)cc3)cc2)OC1. The van der Waals surface area contributed by atoms with E-state index in [2.05, 4.69) is 69.3 Å². The van der Waals surface area contributed by atoms with E-state index in [9.17, 15) is 0 Å². The summed E-state index contributed by atoms with van der Waals surface area (Å²) < 4.78 is 12.4. The van der Waals surface area contributed by atoms with Crippen molar-refractivity contribution in [3.63, 3.8) is 0 Å². The van der Waals surface area contributed by atoms with Gasteiger partial charge in [-0.3, -0.25) is 0 Å². The quantitative estimate of drug-likeness (QED) is 0.357. The summed E-state index contributed by atoms with van der Waals surface area (Å²) in [7, 11) is 0. The fourth-order valence-corrected chi connectivity index (χ4v) is 5.77. The van der Waals surface area contributed by atoms with Gasteiger partial charge in [0.1, 0.15) is 0 Å². The average molecular weight is 449 g/mol. The summed E-state index contributed by atoms with van der Waals surface area (Å²) in [4.78, 5) is 0. The van der Waals surface area contributed by atoms with Crippen LogP contribution in [0.1, 0.15) is 102 Å². The van der Waals surface area contributed by atoms with Crippen LogP contribution in [0.4, 0.5) is 0 Å². The highest BCUT2D eigenvalue weighted by Crippen LogP contribution is 2.38. The lowest BCUT2D eigenvalue weighted by Gasteiger charge is -2.38. The molecule has 0 amide bonds. The van der Waals surface area contributed by atoms with Gasteiger partial charge < -0.3 is 9.47 Å². The van der Waals surface area contributed by atoms with E-state index in [1.807, 2.05) is 0 Å². The molecule has 2 aromatic carbocycles. The van der Waals surface area contributed by atoms with Gasteiger partial charge in [-0.15, -0.1) is 0 Å². The third-order valence-corrected chi connectivity index (χ3v) is 8.07. The molecule has 2 nitrogen and oxygen atoms in total. The van der Waals surface area contributed by atoms with Crippen LogP contribution in [0, 0.1) is 11.8 Å². The van der Waals surface area contributed by atoms with Crippen molar-refractivity contribution in [1.82, 2.24) is 0 Å². The Balaban J connectivity index is 1.33. The first-order valence-electron chi connectivity index (χ1n) is 13.6. The predicted molar refractivity (Wildman–Crippen MR) is 138 cm³/mol. The molecule has 2 heteroatoms. The van der Waals surface area contributed by atoms with Crippen LogP contribution in [0.2, 0.25) is 0 Å². The largest absolute Gasteiger partial charge is 0.346 e. The zero-order valence-electron chi connectivity index (χ0n) is 21.2. The van der Waals surface area contributed by atoms with Gasteiger partial charge in [0, 0.05) is 11.5 Å². The number of rotatable bonds is 9. The van der Waals surface area contributed by atoms with Crippen molar-refractivity contribution < 1.29 is 9.47 Å². The molecule has 0 aromatic heterocycles. The number of unbranched alkanes of at least 4 members (excludes halogenated alkanes) is 2. The van der Waals surface area contributed by atoms with Crippen molar-refractivity contribution in [1.29, 1.82) is 0 Å². The molecule has 0 bridgehead atoms. The molecule has 1 saturated heterocycles. The maximum Gasteiger partial charge on any atom is 0.191 e. The molecule has 0 N–H and O–H groups in total. The van der Waals surface area contributed by atoms with Gasteiger partial charge in [0.2, 0.25) is 0 Å². The van der Waals surface area contributed by atoms with Crippen LogP contribution in [0.25, 0.3) is 11.1 Å². The van der Waals surface area contributed by atoms with Gasteiger partial charge in [0.25, 0.3) is 0 Å². The summed E-state index contributed by atoms with van der Waals surface area (Å²) in [6.45, 7) is 8.22. The van der Waals surface area contributed by atoms with Crippen LogP contribution in [-0.4, -0.2) is 13.2 Å². The Bertz CT molecular complexity index is 822. The van der Waals surface area contributed by atoms with E-state index in [0.29, 0.717) is 5.92 Å². The van der Waals surface area contributed by atoms with Gasteiger partial charge in [-0.1, -0.05) is 94.5 Å². The smallest absolute Gasteiger partial charge is 0.191 e. The zero-order chi connectivity index (χ0) is 23.1. The molecular weight excluding hydrogens is 404 g/mol. The molecule has 1 heterocycles. The fourth-order valence-electron chi connectivity index (χ4n) is 5.77. The molecule has 0 unspecified atom stereocenters. The number of hydrogen-bond acceptors (Lipinski definition) is 2. The molecule has 2 aliphatic rings. The second kappa shape index (κ2) is 11.7. The van der Waals surface area contributed by atoms with Gasteiger partial charge in [-0.05, 0) is 67.6 Å². The lowest BCUT2D eigenvalue weighted by atomic mass is 9.77. The molecule has 4 rings (SSSR count). The fraction of sp³-hybridized carbons (Fsp3) is 0.613. The molecule has 2 fully saturated rings. The topological polar surface area (TPSA) is 18.5 Å². The normalized spacial score (nSPS) is 28.0. The standard InChI is InChI=1S/C31H44O2/c1-4-6-7-9-25-22-32-31(3,33-23-25)30-20-18-29(19-21-30)28-16-14-27(15-17-28)26-12-10-24(8-5-2)11-13-26/h14-21,24-26H,4-13,22-23H2,1-3H3/t24-,25-,26-,31-. The van der Waals surface area contributed by atoms with Crippen molar-refractivity contribution in [3.8, 4) is 11.1 Å². The second-order valence-corrected chi connectivity index (χ2v) is 10.6. The minimum Gasteiger partial charge on any atom is -0.346 e. The maximum atomic E-state index is 6.22. The van der Waals surface area contributed by atoms with Crippen molar-refractivity contribution >= 4 is 0 Å². The van der Waals surface area contributed by atoms with Gasteiger partial charge >= 0.3 is 0 Å². The Labute approximate surface area is 202 Å². The molecule has 1 aliphatic heterocycles. The Morgan fingerprint density at radius 2 is 1.30 bits per heavy atom. The van der Waals surface area contributed by atoms with Crippen molar-refractivity contribution in [2.75, 3.05) is 13.2 Å². The van der Waals surface area contributed by atoms with Crippen LogP contribution < -0.4 is 0 Å². The summed E-state index contributed by atoms with van der Waals surface area (Å²) in [5.41, 5.74) is 5.18. The molecule has 0 radical (unpaired) electrons. The average Bonchev–Trinajstić information content (AvgIpc) is 2.86. The molecular formula is C31H44O2. The third kappa shape index (κ3) is 6.28. The minimum absolute atomic E-state index is 0.532. The summed E-state index contributed by atoms with van der Waals surface area (Å²) in [6, 6.07) is 18.1. The third-order valence-electron chi connectivity index (χ3n) is 8.07. The van der Waals surface area contributed by atoms with E-state index in [1.54, 1.807) is 0 Å². The molecule has 0 atom stereocenters. The monoisotopic (exact) mass is 448 g/mol. The zero-order valence-corrected chi connectivity index (χ0v) is 21.2. The van der Waals surface area contributed by atoms with E-state index in [1.165, 1.54) is 80.9 Å². The Morgan fingerprint density at radius 3 is 1.88 bits per heavy atom. The molecule has 1 saturated carbocycles. The second-order valence-electron chi connectivity index (χ2n) is 10.6. The van der Waals surface area contributed by atoms with Gasteiger partial charge in [-0.2, -0.15) is 0 Å². The minimum atomic E-state index is -0.625. The van der Waals surface area contributed by atoms with Gasteiger partial charge in [-0.25, -0.2) is 0 Å². The summed E-state index contributed by atoms with van der Waals surface area (Å²) in [5.74, 6) is 1.63. The number of hydrogen-bond donors (Lipinski definition) is 0. The van der Waals surface area contributed by atoms with Crippen LogP contribution in [0.15, 0.2) is 48.5 Å². The predicted octanol–water partition coefficient (Wildman–Crippen LogP) is 8.84. The van der Waals surface area contributed by atoms with Crippen LogP contribution in [0.3, 0.4) is 0 Å². The Hall–Kier alpha value is -1.64. The Kier molecular flexibility index (Phi) is 8.66. The molecule has 180 valence electrons. The first-order chi connectivity index (χ1) is 16.1. The molecule has 1 aliphatic carbocycles. The van der Waals surface area contributed by atoms with E-state index in [0.717, 1.165) is 30.6 Å². The van der Waals surface area contributed by atoms with Crippen LogP contribution >= 0.6 is 0 Å². The van der Waals surface area contributed by atoms with Crippen molar-refractivity contribution in [2.45, 2.75) is 96.7 Å². The van der Waals surface area contributed by atoms with Crippen molar-refractivity contribution in [2.24, 2.45) is 11.8 Å².